The van der Waals surface area contributed by atoms with Gasteiger partial charge in [-0.25, -0.2) is 8.93 Å². The van der Waals surface area contributed by atoms with Crippen molar-refractivity contribution in [3.63, 3.8) is 0 Å². The highest BCUT2D eigenvalue weighted by Crippen LogP contribution is 2.37. The number of aliphatic hydroxyl groups is 1. The van der Waals surface area contributed by atoms with Crippen molar-refractivity contribution in [1.29, 1.82) is 0 Å². The lowest BCUT2D eigenvalue weighted by molar-refractivity contribution is -0.0605. The summed E-state index contributed by atoms with van der Waals surface area (Å²) in [5.74, 6) is 0.431. The largest absolute Gasteiger partial charge is 0.388 e. The number of fused-ring (bicyclic) bond motifs is 1. The molecule has 3 aromatic rings. The molecule has 0 radical (unpaired) electrons. The Balaban J connectivity index is 1.53. The Kier molecular flexibility index (Phi) is 8.02. The predicted octanol–water partition coefficient (Wildman–Crippen LogP) is 5.10. The summed E-state index contributed by atoms with van der Waals surface area (Å²) in [5.41, 5.74) is 2.35. The molecule has 1 atom stereocenters. The van der Waals surface area contributed by atoms with E-state index in [1.54, 1.807) is 0 Å². The maximum absolute atomic E-state index is 13.4. The zero-order valence-electron chi connectivity index (χ0n) is 23.5. The minimum atomic E-state index is -1.37. The van der Waals surface area contributed by atoms with Gasteiger partial charge >= 0.3 is 0 Å². The van der Waals surface area contributed by atoms with Crippen molar-refractivity contribution in [1.82, 2.24) is 14.6 Å². The maximum atomic E-state index is 13.4. The van der Waals surface area contributed by atoms with Crippen molar-refractivity contribution in [2.45, 2.75) is 82.4 Å². The second kappa shape index (κ2) is 11.2. The molecule has 2 aliphatic rings. The molecule has 0 spiro atoms. The van der Waals surface area contributed by atoms with Crippen molar-refractivity contribution in [3.8, 4) is 11.3 Å². The second-order valence-corrected chi connectivity index (χ2v) is 13.4. The fourth-order valence-corrected chi connectivity index (χ4v) is 6.76. The van der Waals surface area contributed by atoms with Crippen LogP contribution in [0.2, 0.25) is 0 Å². The molecular weight excluding hydrogens is 510 g/mol. The van der Waals surface area contributed by atoms with E-state index in [4.69, 9.17) is 4.74 Å². The lowest BCUT2D eigenvalue weighted by atomic mass is 9.85. The van der Waals surface area contributed by atoms with Crippen LogP contribution in [0.5, 0.6) is 0 Å². The lowest BCUT2D eigenvalue weighted by Crippen LogP contribution is -2.46. The third-order valence-electron chi connectivity index (χ3n) is 8.04. The van der Waals surface area contributed by atoms with Crippen molar-refractivity contribution in [2.24, 2.45) is 5.92 Å². The highest BCUT2D eigenvalue weighted by atomic mass is 32.2. The number of ether oxygens (including phenoxy) is 1. The highest BCUT2D eigenvalue weighted by Gasteiger charge is 2.31. The van der Waals surface area contributed by atoms with Gasteiger partial charge in [0.25, 0.3) is 5.91 Å². The van der Waals surface area contributed by atoms with Crippen LogP contribution in [0.25, 0.3) is 22.0 Å². The molecule has 3 N–H and O–H groups in total. The number of carbonyl (C=O) groups excluding carboxylic acids is 1. The predicted molar refractivity (Wildman–Crippen MR) is 156 cm³/mol. The van der Waals surface area contributed by atoms with Crippen LogP contribution in [-0.4, -0.2) is 50.7 Å². The van der Waals surface area contributed by atoms with Crippen molar-refractivity contribution < 1.29 is 18.8 Å². The molecule has 210 valence electrons. The SMILES string of the molecule is Cc1c(C(=O)NCC2(O)CCOCC2)cc(-c2ccc(S(=O)NC(C)(C)C)c3ccccc23)n1CC1CCC1. The van der Waals surface area contributed by atoms with Gasteiger partial charge in [-0.05, 0) is 69.4 Å². The van der Waals surface area contributed by atoms with Crippen LogP contribution in [0.4, 0.5) is 0 Å². The van der Waals surface area contributed by atoms with Crippen LogP contribution in [0, 0.1) is 12.8 Å². The van der Waals surface area contributed by atoms with E-state index >= 15 is 0 Å². The van der Waals surface area contributed by atoms with E-state index in [1.165, 1.54) is 19.3 Å². The zero-order chi connectivity index (χ0) is 27.8. The van der Waals surface area contributed by atoms with Crippen LogP contribution >= 0.6 is 0 Å². The first-order valence-electron chi connectivity index (χ1n) is 14.0. The number of nitrogens with one attached hydrogen (secondary N) is 2. The number of hydrogen-bond acceptors (Lipinski definition) is 4. The second-order valence-electron chi connectivity index (χ2n) is 12.2. The summed E-state index contributed by atoms with van der Waals surface area (Å²) >= 11 is 0. The Morgan fingerprint density at radius 2 is 1.82 bits per heavy atom. The Labute approximate surface area is 233 Å². The summed E-state index contributed by atoms with van der Waals surface area (Å²) in [6, 6.07) is 14.0. The molecular formula is C31H41N3O4S. The Bertz CT molecular complexity index is 1380. The highest BCUT2D eigenvalue weighted by molar-refractivity contribution is 7.83. The molecule has 2 heterocycles. The molecule has 1 aliphatic heterocycles. The molecule has 1 saturated carbocycles. The minimum absolute atomic E-state index is 0.169. The molecule has 5 rings (SSSR count). The normalized spacial score (nSPS) is 18.6. The molecule has 1 aromatic heterocycles. The first-order valence-corrected chi connectivity index (χ1v) is 15.2. The lowest BCUT2D eigenvalue weighted by Gasteiger charge is -2.32. The van der Waals surface area contributed by atoms with Gasteiger partial charge in [0.1, 0.15) is 11.0 Å². The van der Waals surface area contributed by atoms with Gasteiger partial charge in [-0.1, -0.05) is 36.8 Å². The van der Waals surface area contributed by atoms with Crippen LogP contribution in [-0.2, 0) is 22.3 Å². The van der Waals surface area contributed by atoms with Crippen molar-refractivity contribution in [2.75, 3.05) is 19.8 Å². The number of carbonyl (C=O) groups is 1. The molecule has 1 amide bonds. The Morgan fingerprint density at radius 1 is 1.13 bits per heavy atom. The molecule has 39 heavy (non-hydrogen) atoms. The molecule has 2 aromatic carbocycles. The molecule has 1 aliphatic carbocycles. The summed E-state index contributed by atoms with van der Waals surface area (Å²) in [6.45, 7) is 10.1. The summed E-state index contributed by atoms with van der Waals surface area (Å²) in [4.78, 5) is 14.2. The van der Waals surface area contributed by atoms with Gasteiger partial charge in [-0.2, -0.15) is 0 Å². The van der Waals surface area contributed by atoms with Crippen LogP contribution in [0.3, 0.4) is 0 Å². The van der Waals surface area contributed by atoms with Gasteiger partial charge in [0.05, 0.1) is 16.1 Å². The van der Waals surface area contributed by atoms with Crippen LogP contribution < -0.4 is 10.0 Å². The van der Waals surface area contributed by atoms with E-state index < -0.39 is 16.6 Å². The summed E-state index contributed by atoms with van der Waals surface area (Å²) in [6.07, 6.45) is 4.68. The van der Waals surface area contributed by atoms with Crippen LogP contribution in [0.1, 0.15) is 68.9 Å². The fourth-order valence-electron chi connectivity index (χ4n) is 5.52. The van der Waals surface area contributed by atoms with Gasteiger partial charge < -0.3 is 19.7 Å². The van der Waals surface area contributed by atoms with E-state index in [-0.39, 0.29) is 18.0 Å². The summed E-state index contributed by atoms with van der Waals surface area (Å²) in [5, 5.41) is 15.8. The van der Waals surface area contributed by atoms with Gasteiger partial charge in [0.15, 0.2) is 0 Å². The third kappa shape index (κ3) is 6.14. The van der Waals surface area contributed by atoms with E-state index in [1.807, 2.05) is 64.1 Å². The average molecular weight is 552 g/mol. The Hall–Kier alpha value is -2.52. The number of hydrogen-bond donors (Lipinski definition) is 3. The van der Waals surface area contributed by atoms with Gasteiger partial charge in [0, 0.05) is 61.6 Å². The van der Waals surface area contributed by atoms with Crippen molar-refractivity contribution >= 4 is 27.7 Å². The van der Waals surface area contributed by atoms with Gasteiger partial charge in [-0.15, -0.1) is 0 Å². The molecule has 8 heteroatoms. The molecule has 1 unspecified atom stereocenters. The standard InChI is InChI=1S/C31H41N3O4S/c1-21-26(29(35)32-20-31(36)14-16-38-17-15-31)18-27(34(21)19-22-8-7-9-22)24-12-13-28(39(37)33-30(2,3)4)25-11-6-5-10-23(24)25/h5-6,10-13,18,22,33,36H,7-9,14-17,19-20H2,1-4H3,(H,32,35). The van der Waals surface area contributed by atoms with Crippen molar-refractivity contribution in [3.05, 3.63) is 53.7 Å². The summed E-state index contributed by atoms with van der Waals surface area (Å²) < 4.78 is 24.1. The Morgan fingerprint density at radius 3 is 2.46 bits per heavy atom. The number of amides is 1. The topological polar surface area (TPSA) is 92.6 Å². The molecule has 1 saturated heterocycles. The molecule has 7 nitrogen and oxygen atoms in total. The zero-order valence-corrected chi connectivity index (χ0v) is 24.3. The number of rotatable bonds is 8. The maximum Gasteiger partial charge on any atom is 0.253 e. The third-order valence-corrected chi connectivity index (χ3v) is 9.59. The number of benzene rings is 2. The number of nitrogens with zero attached hydrogens (tertiary/aromatic N) is 1. The van der Waals surface area contributed by atoms with Gasteiger partial charge in [0.2, 0.25) is 0 Å². The van der Waals surface area contributed by atoms with Crippen LogP contribution in [0.15, 0.2) is 47.4 Å². The monoisotopic (exact) mass is 551 g/mol. The van der Waals surface area contributed by atoms with E-state index in [9.17, 15) is 14.1 Å². The quantitative estimate of drug-likeness (QED) is 0.363. The summed E-state index contributed by atoms with van der Waals surface area (Å²) in [7, 11) is -1.37. The smallest absolute Gasteiger partial charge is 0.253 e. The number of aromatic nitrogens is 1. The van der Waals surface area contributed by atoms with Gasteiger partial charge in [-0.3, -0.25) is 4.79 Å². The van der Waals surface area contributed by atoms with E-state index in [2.05, 4.69) is 20.7 Å². The average Bonchev–Trinajstić information content (AvgIpc) is 3.19. The molecule has 0 bridgehead atoms. The minimum Gasteiger partial charge on any atom is -0.388 e. The van der Waals surface area contributed by atoms with E-state index in [0.717, 1.165) is 39.2 Å². The van der Waals surface area contributed by atoms with E-state index in [0.29, 0.717) is 37.5 Å². The molecule has 2 fully saturated rings. The first kappa shape index (κ1) is 28.0. The first-order chi connectivity index (χ1) is 18.5. The fraction of sp³-hybridized carbons (Fsp3) is 0.516.